The van der Waals surface area contributed by atoms with Crippen LogP contribution in [0.15, 0.2) is 152 Å². The van der Waals surface area contributed by atoms with Gasteiger partial charge in [0.2, 0.25) is 0 Å². The van der Waals surface area contributed by atoms with E-state index in [4.69, 9.17) is 9.47 Å². The van der Waals surface area contributed by atoms with E-state index >= 15 is 39.5 Å². The number of rotatable bonds is 4. The summed E-state index contributed by atoms with van der Waals surface area (Å²) in [4.78, 5) is 2.71. The summed E-state index contributed by atoms with van der Waals surface area (Å²) in [5.74, 6) is 0.666. The second-order valence-corrected chi connectivity index (χ2v) is 13.4. The Balaban J connectivity index is 1.56. The minimum absolute atomic E-state index is 0.164. The number of benzene rings is 7. The Morgan fingerprint density at radius 1 is 0.328 bits per heavy atom. The molecule has 0 fully saturated rings. The highest BCUT2D eigenvalue weighted by Crippen LogP contribution is 2.62. The first-order valence-electron chi connectivity index (χ1n) is 17.7. The van der Waals surface area contributed by atoms with E-state index in [1.54, 1.807) is 72.8 Å². The van der Waals surface area contributed by atoms with Gasteiger partial charge in [-0.25, -0.2) is 0 Å². The minimum Gasteiger partial charge on any atom is -0.453 e. The van der Waals surface area contributed by atoms with Crippen molar-refractivity contribution in [2.24, 2.45) is 0 Å². The average molecular weight is 797 g/mol. The molecule has 0 saturated heterocycles. The van der Waals surface area contributed by atoms with E-state index in [0.29, 0.717) is 12.1 Å². The van der Waals surface area contributed by atoms with Gasteiger partial charge in [-0.15, -0.1) is 0 Å². The van der Waals surface area contributed by atoms with Crippen LogP contribution < -0.4 is 19.3 Å². The van der Waals surface area contributed by atoms with Crippen LogP contribution in [0.4, 0.5) is 73.6 Å². The Morgan fingerprint density at radius 2 is 0.621 bits per heavy atom. The summed E-state index contributed by atoms with van der Waals surface area (Å²) in [5, 5.41) is 0. The molecule has 0 unspecified atom stereocenters. The van der Waals surface area contributed by atoms with Crippen molar-refractivity contribution in [2.45, 2.75) is 18.5 Å². The molecule has 4 nitrogen and oxygen atoms in total. The van der Waals surface area contributed by atoms with Crippen LogP contribution in [0, 0.1) is 0 Å². The monoisotopic (exact) mass is 796 g/mol. The Hall–Kier alpha value is -6.89. The van der Waals surface area contributed by atoms with E-state index in [-0.39, 0.29) is 45.7 Å². The molecule has 7 aromatic rings. The largest absolute Gasteiger partial charge is 0.453 e. The zero-order valence-corrected chi connectivity index (χ0v) is 29.5. The summed E-state index contributed by atoms with van der Waals surface area (Å²) in [6.45, 7) is 0. The topological polar surface area (TPSA) is 24.9 Å². The molecule has 7 aromatic carbocycles. The third-order valence-electron chi connectivity index (χ3n) is 9.92. The van der Waals surface area contributed by atoms with Crippen molar-refractivity contribution in [2.75, 3.05) is 9.80 Å². The van der Waals surface area contributed by atoms with Crippen LogP contribution in [-0.2, 0) is 18.5 Å². The lowest BCUT2D eigenvalue weighted by Crippen LogP contribution is -2.23. The fourth-order valence-corrected chi connectivity index (χ4v) is 7.66. The van der Waals surface area contributed by atoms with Gasteiger partial charge in [0.1, 0.15) is 0 Å². The number of anilines is 6. The number of fused-ring (bicyclic) bond motifs is 4. The molecule has 0 bridgehead atoms. The number of alkyl halides is 9. The number of para-hydroxylation sites is 8. The van der Waals surface area contributed by atoms with Crippen molar-refractivity contribution in [3.8, 4) is 45.3 Å². The van der Waals surface area contributed by atoms with Gasteiger partial charge >= 0.3 is 18.5 Å². The summed E-state index contributed by atoms with van der Waals surface area (Å²) < 4.78 is 152. The molecule has 0 spiro atoms. The first-order chi connectivity index (χ1) is 27.7. The quantitative estimate of drug-likeness (QED) is 0.166. The Kier molecular flexibility index (Phi) is 8.46. The maximum atomic E-state index is 16.6. The molecule has 290 valence electrons. The van der Waals surface area contributed by atoms with Crippen LogP contribution in [0.25, 0.3) is 22.3 Å². The SMILES string of the molecule is FC(F)(F)c1ccccc1-c1c(N2c3ccccc3Oc3ccccc32)cc(N2c3ccccc3Oc3ccccc32)c(-c2ccccc2C(F)(F)F)c1C(F)(F)F. The normalized spacial score (nSPS) is 13.5. The zero-order chi connectivity index (χ0) is 40.6. The molecule has 2 heterocycles. The molecule has 9 rings (SSSR count). The maximum absolute atomic E-state index is 16.6. The first-order valence-corrected chi connectivity index (χ1v) is 17.7. The number of hydrogen-bond donors (Lipinski definition) is 0. The van der Waals surface area contributed by atoms with Crippen molar-refractivity contribution in [3.63, 3.8) is 0 Å². The molecule has 0 aromatic heterocycles. The van der Waals surface area contributed by atoms with Crippen LogP contribution >= 0.6 is 0 Å². The van der Waals surface area contributed by atoms with E-state index in [9.17, 15) is 0 Å². The van der Waals surface area contributed by atoms with Gasteiger partial charge in [-0.1, -0.05) is 84.9 Å². The molecule has 0 aliphatic carbocycles. The third kappa shape index (κ3) is 6.05. The third-order valence-corrected chi connectivity index (χ3v) is 9.92. The van der Waals surface area contributed by atoms with Gasteiger partial charge in [-0.3, -0.25) is 0 Å². The van der Waals surface area contributed by atoms with Crippen molar-refractivity contribution in [3.05, 3.63) is 168 Å². The van der Waals surface area contributed by atoms with Crippen LogP contribution in [0.5, 0.6) is 23.0 Å². The highest BCUT2D eigenvalue weighted by Gasteiger charge is 2.47. The molecule has 58 heavy (non-hydrogen) atoms. The molecule has 0 saturated carbocycles. The molecule has 0 N–H and O–H groups in total. The van der Waals surface area contributed by atoms with Crippen LogP contribution in [0.1, 0.15) is 16.7 Å². The van der Waals surface area contributed by atoms with Gasteiger partial charge in [-0.2, -0.15) is 39.5 Å². The number of nitrogens with zero attached hydrogens (tertiary/aromatic N) is 2. The zero-order valence-electron chi connectivity index (χ0n) is 29.5. The predicted octanol–water partition coefficient (Wildman–Crippen LogP) is 15.2. The molecule has 0 atom stereocenters. The summed E-state index contributed by atoms with van der Waals surface area (Å²) >= 11 is 0. The molecule has 2 aliphatic rings. The Bertz CT molecular complexity index is 2470. The lowest BCUT2D eigenvalue weighted by Gasteiger charge is -2.39. The van der Waals surface area contributed by atoms with Crippen molar-refractivity contribution in [1.82, 2.24) is 0 Å². The van der Waals surface area contributed by atoms with Crippen LogP contribution in [0.2, 0.25) is 0 Å². The lowest BCUT2D eigenvalue weighted by molar-refractivity contribution is -0.139. The minimum atomic E-state index is -5.58. The number of halogens is 9. The second kappa shape index (κ2) is 13.4. The van der Waals surface area contributed by atoms with E-state index in [1.807, 2.05) is 0 Å². The molecular formula is C45H25F9N2O2. The molecule has 2 aliphatic heterocycles. The number of ether oxygens (including phenoxy) is 2. The van der Waals surface area contributed by atoms with Gasteiger partial charge in [-0.05, 0) is 77.9 Å². The van der Waals surface area contributed by atoms with Gasteiger partial charge in [0.15, 0.2) is 23.0 Å². The molecule has 0 amide bonds. The van der Waals surface area contributed by atoms with Gasteiger partial charge in [0.05, 0.1) is 50.8 Å². The highest BCUT2D eigenvalue weighted by molar-refractivity contribution is 6.05. The fraction of sp³-hybridized carbons (Fsp3) is 0.0667. The molecular weight excluding hydrogens is 771 g/mol. The fourth-order valence-electron chi connectivity index (χ4n) is 7.66. The van der Waals surface area contributed by atoms with Gasteiger partial charge in [0, 0.05) is 11.1 Å². The Morgan fingerprint density at radius 3 is 0.931 bits per heavy atom. The average Bonchev–Trinajstić information content (AvgIpc) is 3.20. The van der Waals surface area contributed by atoms with Gasteiger partial charge < -0.3 is 19.3 Å². The predicted molar refractivity (Wildman–Crippen MR) is 202 cm³/mol. The number of hydrogen-bond acceptors (Lipinski definition) is 4. The smallest absolute Gasteiger partial charge is 0.417 e. The summed E-state index contributed by atoms with van der Waals surface area (Å²) in [6, 6.07) is 33.8. The Labute approximate surface area is 324 Å². The van der Waals surface area contributed by atoms with E-state index in [0.717, 1.165) is 36.4 Å². The van der Waals surface area contributed by atoms with Crippen molar-refractivity contribution < 1.29 is 49.0 Å². The van der Waals surface area contributed by atoms with E-state index in [1.165, 1.54) is 40.1 Å². The van der Waals surface area contributed by atoms with Gasteiger partial charge in [0.25, 0.3) is 0 Å². The van der Waals surface area contributed by atoms with Crippen molar-refractivity contribution in [1.29, 1.82) is 0 Å². The highest BCUT2D eigenvalue weighted by atomic mass is 19.4. The summed E-state index contributed by atoms with van der Waals surface area (Å²) in [6.07, 6.45) is -16.0. The summed E-state index contributed by atoms with van der Waals surface area (Å²) in [7, 11) is 0. The maximum Gasteiger partial charge on any atom is 0.417 e. The standard InChI is InChI=1S/C45H25F9N2O2/c46-43(47,48)28-15-3-1-13-26(28)40-34(55-30-17-5-9-21-36(30)57-37-22-10-6-18-31(37)55)25-35(56-32-19-7-11-23-38(32)58-39-24-12-8-20-33(39)56)41(42(40)45(52,53)54)27-14-2-4-16-29(27)44(49,50)51/h1-25H. The van der Waals surface area contributed by atoms with Crippen LogP contribution in [0.3, 0.4) is 0 Å². The first kappa shape index (κ1) is 36.7. The van der Waals surface area contributed by atoms with Crippen molar-refractivity contribution >= 4 is 34.1 Å². The van der Waals surface area contributed by atoms with Crippen LogP contribution in [-0.4, -0.2) is 0 Å². The molecule has 0 radical (unpaired) electrons. The molecule has 13 heteroatoms. The van der Waals surface area contributed by atoms with E-state index in [2.05, 4.69) is 0 Å². The van der Waals surface area contributed by atoms with E-state index < -0.39 is 68.8 Å². The summed E-state index contributed by atoms with van der Waals surface area (Å²) in [5.41, 5.74) is -8.58. The lowest BCUT2D eigenvalue weighted by atomic mass is 9.84. The second-order valence-electron chi connectivity index (χ2n) is 13.4.